The number of aliphatic carboxylic acids is 3. The zero-order chi connectivity index (χ0) is 24.4. The monoisotopic (exact) mass is 464 g/mol. The number of ether oxygens (including phenoxy) is 2. The first-order valence-corrected chi connectivity index (χ1v) is 9.87. The molecule has 0 unspecified atom stereocenters. The molecule has 0 spiro atoms. The lowest BCUT2D eigenvalue weighted by Crippen LogP contribution is -2.45. The molecule has 0 saturated carbocycles. The van der Waals surface area contributed by atoms with Gasteiger partial charge in [-0.3, -0.25) is 33.8 Å². The van der Waals surface area contributed by atoms with E-state index in [2.05, 4.69) is 9.47 Å². The predicted octanol–water partition coefficient (Wildman–Crippen LogP) is -2.27. The fourth-order valence-corrected chi connectivity index (χ4v) is 2.77. The van der Waals surface area contributed by atoms with Crippen LogP contribution in [0.4, 0.5) is 0 Å². The Labute approximate surface area is 185 Å². The number of rotatable bonds is 22. The first kappa shape index (κ1) is 29.2. The van der Waals surface area contributed by atoms with Crippen LogP contribution in [0.25, 0.3) is 0 Å². The highest BCUT2D eigenvalue weighted by Gasteiger charge is 2.17. The summed E-state index contributed by atoms with van der Waals surface area (Å²) >= 11 is 0. The second-order valence-electron chi connectivity index (χ2n) is 6.78. The smallest absolute Gasteiger partial charge is 0.317 e. The van der Waals surface area contributed by atoms with Crippen LogP contribution in [-0.2, 0) is 33.4 Å². The molecule has 0 radical (unpaired) electrons. The Bertz CT molecular complexity index is 564. The Hall–Kier alpha value is -2.81. The summed E-state index contributed by atoms with van der Waals surface area (Å²) in [5, 5.41) is 27.0. The minimum Gasteiger partial charge on any atom is -0.480 e. The van der Waals surface area contributed by atoms with Crippen molar-refractivity contribution in [3.8, 4) is 0 Å². The standard InChI is InChI=1S/C18H32N4O10/c1-2-19(4-7-21(10-17(27)28)11-18(29)30)3-5-20(9-16(25)26)6-8-22(12-31-14-23)13-32-15-24/h14-15H,2-13H2,1H3,(H,25,26)(H,27,28)(H,29,30). The summed E-state index contributed by atoms with van der Waals surface area (Å²) in [6.45, 7) is 3.75. The van der Waals surface area contributed by atoms with Gasteiger partial charge in [0.2, 0.25) is 0 Å². The molecular formula is C18H32N4O10. The van der Waals surface area contributed by atoms with Gasteiger partial charge in [0.1, 0.15) is 13.5 Å². The quantitative estimate of drug-likeness (QED) is 0.115. The van der Waals surface area contributed by atoms with E-state index < -0.39 is 31.0 Å². The van der Waals surface area contributed by atoms with Crippen molar-refractivity contribution in [2.75, 3.05) is 78.9 Å². The molecule has 0 aliphatic carbocycles. The molecule has 0 amide bonds. The van der Waals surface area contributed by atoms with Crippen LogP contribution >= 0.6 is 0 Å². The Morgan fingerprint density at radius 2 is 0.969 bits per heavy atom. The first-order valence-electron chi connectivity index (χ1n) is 9.87. The first-order chi connectivity index (χ1) is 15.2. The van der Waals surface area contributed by atoms with Crippen LogP contribution in [-0.4, -0.2) is 145 Å². The summed E-state index contributed by atoms with van der Waals surface area (Å²) in [6.07, 6.45) is 0. The molecule has 0 fully saturated rings. The summed E-state index contributed by atoms with van der Waals surface area (Å²) in [7, 11) is 0. The summed E-state index contributed by atoms with van der Waals surface area (Å²) < 4.78 is 9.30. The molecule has 0 aromatic carbocycles. The van der Waals surface area contributed by atoms with Gasteiger partial charge in [0.25, 0.3) is 12.9 Å². The molecule has 0 aromatic rings. The maximum atomic E-state index is 11.2. The minimum atomic E-state index is -1.12. The number of carbonyl (C=O) groups excluding carboxylic acids is 2. The van der Waals surface area contributed by atoms with Crippen LogP contribution in [0.3, 0.4) is 0 Å². The van der Waals surface area contributed by atoms with Crippen molar-refractivity contribution < 1.29 is 48.8 Å². The van der Waals surface area contributed by atoms with E-state index in [1.165, 1.54) is 9.80 Å². The van der Waals surface area contributed by atoms with E-state index in [1.54, 1.807) is 4.90 Å². The van der Waals surface area contributed by atoms with Crippen molar-refractivity contribution >= 4 is 30.9 Å². The van der Waals surface area contributed by atoms with Crippen LogP contribution < -0.4 is 0 Å². The Balaban J connectivity index is 4.78. The van der Waals surface area contributed by atoms with Crippen LogP contribution in [0, 0.1) is 0 Å². The van der Waals surface area contributed by atoms with E-state index in [4.69, 9.17) is 15.3 Å². The fraction of sp³-hybridized carbons (Fsp3) is 0.722. The topological polar surface area (TPSA) is 177 Å². The molecule has 0 rings (SSSR count). The minimum absolute atomic E-state index is 0.123. The lowest BCUT2D eigenvalue weighted by atomic mass is 10.3. The molecule has 184 valence electrons. The number of nitrogens with zero attached hydrogens (tertiary/aromatic N) is 4. The number of carboxylic acids is 3. The summed E-state index contributed by atoms with van der Waals surface area (Å²) in [4.78, 5) is 60.2. The highest BCUT2D eigenvalue weighted by molar-refractivity contribution is 5.72. The number of hydrogen-bond donors (Lipinski definition) is 3. The van der Waals surface area contributed by atoms with Gasteiger partial charge in [0.15, 0.2) is 0 Å². The lowest BCUT2D eigenvalue weighted by molar-refractivity contribution is -0.143. The molecule has 0 atom stereocenters. The highest BCUT2D eigenvalue weighted by atomic mass is 16.6. The normalized spacial score (nSPS) is 11.2. The van der Waals surface area contributed by atoms with E-state index >= 15 is 0 Å². The molecule has 0 saturated heterocycles. The average Bonchev–Trinajstić information content (AvgIpc) is 2.71. The second-order valence-corrected chi connectivity index (χ2v) is 6.78. The largest absolute Gasteiger partial charge is 0.480 e. The van der Waals surface area contributed by atoms with Crippen LogP contribution in [0.2, 0.25) is 0 Å². The molecule has 0 aliphatic rings. The van der Waals surface area contributed by atoms with Crippen molar-refractivity contribution in [3.05, 3.63) is 0 Å². The maximum Gasteiger partial charge on any atom is 0.317 e. The molecule has 14 heteroatoms. The molecule has 0 aliphatic heterocycles. The van der Waals surface area contributed by atoms with Gasteiger partial charge in [-0.25, -0.2) is 4.90 Å². The summed E-state index contributed by atoms with van der Waals surface area (Å²) in [5.74, 6) is -3.27. The van der Waals surface area contributed by atoms with E-state index in [1.807, 2.05) is 11.8 Å². The number of likely N-dealkylation sites (N-methyl/N-ethyl adjacent to an activating group) is 1. The molecule has 0 bridgehead atoms. The number of hydrogen-bond acceptors (Lipinski definition) is 11. The van der Waals surface area contributed by atoms with Gasteiger partial charge in [0, 0.05) is 39.3 Å². The molecule has 0 heterocycles. The van der Waals surface area contributed by atoms with E-state index in [-0.39, 0.29) is 46.0 Å². The highest BCUT2D eigenvalue weighted by Crippen LogP contribution is 1.98. The van der Waals surface area contributed by atoms with E-state index in [0.29, 0.717) is 32.7 Å². The number of carboxylic acid groups (broad SMARTS) is 3. The third kappa shape index (κ3) is 16.0. The van der Waals surface area contributed by atoms with Crippen molar-refractivity contribution in [3.63, 3.8) is 0 Å². The van der Waals surface area contributed by atoms with Gasteiger partial charge in [-0.1, -0.05) is 6.92 Å². The molecule has 0 aromatic heterocycles. The van der Waals surface area contributed by atoms with Crippen LogP contribution in [0.5, 0.6) is 0 Å². The molecule has 14 nitrogen and oxygen atoms in total. The molecule has 3 N–H and O–H groups in total. The third-order valence-corrected chi connectivity index (χ3v) is 4.37. The van der Waals surface area contributed by atoms with E-state index in [0.717, 1.165) is 0 Å². The van der Waals surface area contributed by atoms with Crippen molar-refractivity contribution in [2.45, 2.75) is 6.92 Å². The number of carbonyl (C=O) groups is 5. The van der Waals surface area contributed by atoms with Crippen molar-refractivity contribution in [1.82, 2.24) is 19.6 Å². The van der Waals surface area contributed by atoms with Crippen molar-refractivity contribution in [1.29, 1.82) is 0 Å². The molecule has 32 heavy (non-hydrogen) atoms. The zero-order valence-electron chi connectivity index (χ0n) is 18.1. The zero-order valence-corrected chi connectivity index (χ0v) is 18.1. The fourth-order valence-electron chi connectivity index (χ4n) is 2.77. The summed E-state index contributed by atoms with van der Waals surface area (Å²) in [6, 6.07) is 0. The van der Waals surface area contributed by atoms with Crippen LogP contribution in [0.1, 0.15) is 6.92 Å². The van der Waals surface area contributed by atoms with Gasteiger partial charge < -0.3 is 29.7 Å². The molecular weight excluding hydrogens is 432 g/mol. The predicted molar refractivity (Wildman–Crippen MR) is 109 cm³/mol. The second kappa shape index (κ2) is 17.8. The van der Waals surface area contributed by atoms with E-state index in [9.17, 15) is 24.0 Å². The Morgan fingerprint density at radius 1 is 0.625 bits per heavy atom. The Kier molecular flexibility index (Phi) is 16.3. The van der Waals surface area contributed by atoms with Gasteiger partial charge >= 0.3 is 17.9 Å². The van der Waals surface area contributed by atoms with Gasteiger partial charge in [-0.2, -0.15) is 0 Å². The average molecular weight is 464 g/mol. The lowest BCUT2D eigenvalue weighted by Gasteiger charge is -2.29. The third-order valence-electron chi connectivity index (χ3n) is 4.37. The van der Waals surface area contributed by atoms with Crippen molar-refractivity contribution in [2.24, 2.45) is 0 Å². The van der Waals surface area contributed by atoms with Gasteiger partial charge in [-0.15, -0.1) is 0 Å². The summed E-state index contributed by atoms with van der Waals surface area (Å²) in [5.41, 5.74) is 0. The SMILES string of the molecule is CCN(CCN(CCN(COC=O)COC=O)CC(=O)O)CCN(CC(=O)O)CC(=O)O. The van der Waals surface area contributed by atoms with Crippen LogP contribution in [0.15, 0.2) is 0 Å². The maximum absolute atomic E-state index is 11.2. The van der Waals surface area contributed by atoms with Gasteiger partial charge in [0.05, 0.1) is 19.6 Å². The van der Waals surface area contributed by atoms with Gasteiger partial charge in [-0.05, 0) is 6.54 Å². The Morgan fingerprint density at radius 3 is 1.34 bits per heavy atom.